The molecule has 63 heavy (non-hydrogen) atoms. The Kier molecular flexibility index (Phi) is 23.8. The number of amides is 4. The van der Waals surface area contributed by atoms with Gasteiger partial charge in [-0.15, -0.1) is 0 Å². The molecule has 5 rings (SSSR count). The number of hydrogen-bond donors (Lipinski definition) is 4. The first-order valence-corrected chi connectivity index (χ1v) is 22.0. The van der Waals surface area contributed by atoms with Gasteiger partial charge in [-0.05, 0) is 34.7 Å². The lowest BCUT2D eigenvalue weighted by atomic mass is 9.98. The first-order chi connectivity index (χ1) is 30.6. The maximum atomic E-state index is 12.8. The van der Waals surface area contributed by atoms with Crippen LogP contribution in [0.4, 0.5) is 4.79 Å². The molecule has 0 bridgehead atoms. The molecule has 0 heterocycles. The van der Waals surface area contributed by atoms with Gasteiger partial charge in [0.1, 0.15) is 30.5 Å². The molecule has 342 valence electrons. The molecule has 0 spiro atoms. The number of alkyl carbamates (subject to hydrolysis) is 1. The van der Waals surface area contributed by atoms with Crippen LogP contribution in [0.15, 0.2) is 84.9 Å². The van der Waals surface area contributed by atoms with Crippen molar-refractivity contribution in [2.24, 2.45) is 0 Å². The van der Waals surface area contributed by atoms with Gasteiger partial charge in [0.25, 0.3) is 0 Å². The van der Waals surface area contributed by atoms with E-state index in [-0.39, 0.29) is 82.5 Å². The van der Waals surface area contributed by atoms with Crippen LogP contribution in [0.5, 0.6) is 17.2 Å². The second kappa shape index (κ2) is 29.3. The SMILES string of the molecule is CCCC.CCCC.COc1cc(OCCC(=O)NCCNC(=O)CCOCC(=O)NCc2ccc(C)cc2)cc(OC)c1CNC(=O)OCC1c2ccccc2-c2ccccc21. The van der Waals surface area contributed by atoms with Crippen molar-refractivity contribution in [3.8, 4) is 28.4 Å². The molecule has 4 aromatic rings. The van der Waals surface area contributed by atoms with E-state index < -0.39 is 6.09 Å². The minimum Gasteiger partial charge on any atom is -0.496 e. The summed E-state index contributed by atoms with van der Waals surface area (Å²) in [6.45, 7) is 11.9. The van der Waals surface area contributed by atoms with Crippen LogP contribution in [0.25, 0.3) is 11.1 Å². The normalized spacial score (nSPS) is 11.0. The summed E-state index contributed by atoms with van der Waals surface area (Å²) in [5, 5.41) is 11.0. The smallest absolute Gasteiger partial charge is 0.407 e. The van der Waals surface area contributed by atoms with Crippen molar-refractivity contribution in [3.63, 3.8) is 0 Å². The van der Waals surface area contributed by atoms with E-state index in [4.69, 9.17) is 23.7 Å². The molecule has 13 heteroatoms. The number of fused-ring (bicyclic) bond motifs is 3. The minimum atomic E-state index is -0.572. The summed E-state index contributed by atoms with van der Waals surface area (Å²) >= 11 is 0. The quantitative estimate of drug-likeness (QED) is 0.0569. The van der Waals surface area contributed by atoms with E-state index in [0.717, 1.165) is 33.4 Å². The highest BCUT2D eigenvalue weighted by molar-refractivity contribution is 5.80. The second-order valence-corrected chi connectivity index (χ2v) is 14.8. The summed E-state index contributed by atoms with van der Waals surface area (Å²) < 4.78 is 27.9. The first-order valence-electron chi connectivity index (χ1n) is 22.0. The Hall–Kier alpha value is -6.08. The number of rotatable bonds is 22. The first kappa shape index (κ1) is 51.3. The van der Waals surface area contributed by atoms with E-state index in [0.29, 0.717) is 29.4 Å². The highest BCUT2D eigenvalue weighted by atomic mass is 16.5. The van der Waals surface area contributed by atoms with E-state index >= 15 is 0 Å². The predicted octanol–water partition coefficient (Wildman–Crippen LogP) is 8.39. The van der Waals surface area contributed by atoms with E-state index in [1.807, 2.05) is 55.5 Å². The second-order valence-electron chi connectivity index (χ2n) is 14.8. The van der Waals surface area contributed by atoms with Crippen molar-refractivity contribution >= 4 is 23.8 Å². The van der Waals surface area contributed by atoms with Gasteiger partial charge in [0.2, 0.25) is 17.7 Å². The van der Waals surface area contributed by atoms with E-state index in [1.54, 1.807) is 12.1 Å². The topological polar surface area (TPSA) is 163 Å². The summed E-state index contributed by atoms with van der Waals surface area (Å²) in [6.07, 6.45) is 4.87. The summed E-state index contributed by atoms with van der Waals surface area (Å²) in [4.78, 5) is 49.2. The number of methoxy groups -OCH3 is 2. The third-order valence-corrected chi connectivity index (χ3v) is 10.0. The van der Waals surface area contributed by atoms with Crippen molar-refractivity contribution in [2.75, 3.05) is 53.7 Å². The standard InChI is InChI=1S/C42H48N4O9.2C4H10/c1-28-12-14-29(15-13-28)24-45-41(49)27-53-20-16-39(47)43-18-19-44-40(48)17-21-54-30-22-37(51-2)35(38(23-30)52-3)25-46-42(50)55-26-36-33-10-6-4-8-31(33)32-9-5-7-11-34(32)36;2*1-3-4-2/h4-15,22-23,36H,16-21,24-27H2,1-3H3,(H,43,47)(H,44,48)(H,45,49)(H,46,50);2*3-4H2,1-2H3. The summed E-state index contributed by atoms with van der Waals surface area (Å²) in [6, 6.07) is 27.5. The number of unbranched alkanes of at least 4 members (excludes halogenated alkanes) is 2. The summed E-state index contributed by atoms with van der Waals surface area (Å²) in [5.41, 5.74) is 7.29. The third-order valence-electron chi connectivity index (χ3n) is 10.0. The molecule has 0 saturated heterocycles. The number of nitrogens with one attached hydrogen (secondary N) is 4. The van der Waals surface area contributed by atoms with Crippen LogP contribution in [0.2, 0.25) is 0 Å². The van der Waals surface area contributed by atoms with Crippen LogP contribution in [0, 0.1) is 6.92 Å². The minimum absolute atomic E-state index is 0.0548. The van der Waals surface area contributed by atoms with E-state index in [9.17, 15) is 19.2 Å². The van der Waals surface area contributed by atoms with Gasteiger partial charge in [0, 0.05) is 44.1 Å². The van der Waals surface area contributed by atoms with E-state index in [1.165, 1.54) is 39.9 Å². The Bertz CT molecular complexity index is 1930. The van der Waals surface area contributed by atoms with Gasteiger partial charge in [-0.25, -0.2) is 4.79 Å². The Morgan fingerprint density at radius 3 is 1.65 bits per heavy atom. The molecule has 0 aliphatic heterocycles. The molecule has 1 aliphatic carbocycles. The van der Waals surface area contributed by atoms with Crippen LogP contribution >= 0.6 is 0 Å². The molecule has 0 aromatic heterocycles. The van der Waals surface area contributed by atoms with Gasteiger partial charge in [-0.1, -0.05) is 132 Å². The maximum absolute atomic E-state index is 12.8. The summed E-state index contributed by atoms with van der Waals surface area (Å²) in [7, 11) is 3.00. The molecule has 4 amide bonds. The number of hydrogen-bond acceptors (Lipinski definition) is 9. The molecular formula is C50H68N4O9. The zero-order chi connectivity index (χ0) is 45.8. The Labute approximate surface area is 374 Å². The Morgan fingerprint density at radius 1 is 0.603 bits per heavy atom. The van der Waals surface area contributed by atoms with Crippen molar-refractivity contribution in [1.82, 2.24) is 21.3 Å². The molecule has 4 aromatic carbocycles. The molecule has 0 fully saturated rings. The van der Waals surface area contributed by atoms with Gasteiger partial charge in [0.15, 0.2) is 0 Å². The number of aryl methyl sites for hydroxylation is 1. The third kappa shape index (κ3) is 18.0. The van der Waals surface area contributed by atoms with Crippen LogP contribution in [-0.2, 0) is 36.9 Å². The molecule has 4 N–H and O–H groups in total. The van der Waals surface area contributed by atoms with Crippen LogP contribution in [0.3, 0.4) is 0 Å². The molecule has 13 nitrogen and oxygen atoms in total. The van der Waals surface area contributed by atoms with Crippen LogP contribution < -0.4 is 35.5 Å². The lowest BCUT2D eigenvalue weighted by Gasteiger charge is -2.17. The number of ether oxygens (including phenoxy) is 5. The highest BCUT2D eigenvalue weighted by Crippen LogP contribution is 2.44. The lowest BCUT2D eigenvalue weighted by Crippen LogP contribution is -2.35. The van der Waals surface area contributed by atoms with Gasteiger partial charge in [0.05, 0.1) is 46.0 Å². The average molecular weight is 869 g/mol. The van der Waals surface area contributed by atoms with Crippen molar-refractivity contribution in [3.05, 3.63) is 113 Å². The lowest BCUT2D eigenvalue weighted by molar-refractivity contribution is -0.128. The zero-order valence-corrected chi connectivity index (χ0v) is 38.2. The van der Waals surface area contributed by atoms with Crippen LogP contribution in [-0.4, -0.2) is 77.6 Å². The fourth-order valence-electron chi connectivity index (χ4n) is 6.16. The molecule has 1 aliphatic rings. The largest absolute Gasteiger partial charge is 0.496 e. The molecule has 0 saturated carbocycles. The number of carbonyl (C=O) groups is 4. The van der Waals surface area contributed by atoms with Gasteiger partial charge >= 0.3 is 6.09 Å². The average Bonchev–Trinajstić information content (AvgIpc) is 3.63. The number of carbonyl (C=O) groups excluding carboxylic acids is 4. The molecule has 0 atom stereocenters. The van der Waals surface area contributed by atoms with Gasteiger partial charge in [-0.3, -0.25) is 14.4 Å². The fourth-order valence-corrected chi connectivity index (χ4v) is 6.16. The Balaban J connectivity index is 0.00000121. The van der Waals surface area contributed by atoms with Crippen molar-refractivity contribution < 1.29 is 42.9 Å². The molecular weight excluding hydrogens is 801 g/mol. The van der Waals surface area contributed by atoms with Crippen molar-refractivity contribution in [1.29, 1.82) is 0 Å². The van der Waals surface area contributed by atoms with Gasteiger partial charge in [-0.2, -0.15) is 0 Å². The van der Waals surface area contributed by atoms with E-state index in [2.05, 4.69) is 73.2 Å². The zero-order valence-electron chi connectivity index (χ0n) is 38.2. The number of benzene rings is 4. The highest BCUT2D eigenvalue weighted by Gasteiger charge is 2.29. The monoisotopic (exact) mass is 868 g/mol. The summed E-state index contributed by atoms with van der Waals surface area (Å²) in [5.74, 6) is 0.462. The molecule has 0 unspecified atom stereocenters. The predicted molar refractivity (Wildman–Crippen MR) is 247 cm³/mol. The Morgan fingerprint density at radius 2 is 1.13 bits per heavy atom. The van der Waals surface area contributed by atoms with Gasteiger partial charge < -0.3 is 45.0 Å². The van der Waals surface area contributed by atoms with Crippen molar-refractivity contribution in [2.45, 2.75) is 92.2 Å². The molecule has 0 radical (unpaired) electrons. The fraction of sp³-hybridized carbons (Fsp3) is 0.440. The maximum Gasteiger partial charge on any atom is 0.407 e. The van der Waals surface area contributed by atoms with Crippen LogP contribution in [0.1, 0.15) is 100.0 Å².